The van der Waals surface area contributed by atoms with Gasteiger partial charge < -0.3 is 10.4 Å². The van der Waals surface area contributed by atoms with E-state index in [1.807, 2.05) is 18.2 Å². The van der Waals surface area contributed by atoms with E-state index in [2.05, 4.69) is 24.4 Å². The fraction of sp³-hybridized carbons (Fsp3) is 0.500. The first-order valence-electron chi connectivity index (χ1n) is 6.21. The molecule has 3 nitrogen and oxygen atoms in total. The molecular weight excluding hydrogens is 214 g/mol. The number of aliphatic carboxylic acids is 1. The molecule has 0 saturated heterocycles. The lowest BCUT2D eigenvalue weighted by molar-refractivity contribution is -0.136. The van der Waals surface area contributed by atoms with Crippen LogP contribution in [0.15, 0.2) is 30.3 Å². The molecule has 1 aromatic rings. The Hall–Kier alpha value is -1.35. The number of carboxylic acid groups (broad SMARTS) is 1. The van der Waals surface area contributed by atoms with Gasteiger partial charge in [-0.15, -0.1) is 0 Å². The van der Waals surface area contributed by atoms with Crippen molar-refractivity contribution < 1.29 is 9.90 Å². The van der Waals surface area contributed by atoms with Gasteiger partial charge in [-0.05, 0) is 18.4 Å². The fourth-order valence-corrected chi connectivity index (χ4v) is 1.91. The molecule has 0 radical (unpaired) electrons. The summed E-state index contributed by atoms with van der Waals surface area (Å²) in [7, 11) is 0. The average molecular weight is 235 g/mol. The maximum Gasteiger partial charge on any atom is 0.304 e. The van der Waals surface area contributed by atoms with E-state index in [1.165, 1.54) is 5.56 Å². The van der Waals surface area contributed by atoms with Crippen molar-refractivity contribution in [2.75, 3.05) is 6.54 Å². The molecule has 2 N–H and O–H groups in total. The highest BCUT2D eigenvalue weighted by Gasteiger charge is 2.08. The maximum atomic E-state index is 10.5. The summed E-state index contributed by atoms with van der Waals surface area (Å²) in [6.07, 6.45) is 3.34. The van der Waals surface area contributed by atoms with Crippen molar-refractivity contribution in [1.29, 1.82) is 0 Å². The van der Waals surface area contributed by atoms with Crippen LogP contribution < -0.4 is 5.32 Å². The minimum Gasteiger partial charge on any atom is -0.481 e. The van der Waals surface area contributed by atoms with Crippen molar-refractivity contribution in [2.45, 2.75) is 38.6 Å². The molecule has 17 heavy (non-hydrogen) atoms. The minimum atomic E-state index is -0.743. The molecule has 1 aromatic carbocycles. The largest absolute Gasteiger partial charge is 0.481 e. The fourth-order valence-electron chi connectivity index (χ4n) is 1.91. The van der Waals surface area contributed by atoms with Crippen LogP contribution in [-0.4, -0.2) is 23.7 Å². The van der Waals surface area contributed by atoms with Crippen molar-refractivity contribution in [3.05, 3.63) is 35.9 Å². The summed E-state index contributed by atoms with van der Waals surface area (Å²) in [4.78, 5) is 10.5. The Morgan fingerprint density at radius 3 is 2.65 bits per heavy atom. The van der Waals surface area contributed by atoms with Gasteiger partial charge in [-0.3, -0.25) is 4.79 Å². The molecule has 1 atom stereocenters. The molecule has 0 saturated carbocycles. The number of hydrogen-bond donors (Lipinski definition) is 2. The van der Waals surface area contributed by atoms with Gasteiger partial charge in [-0.25, -0.2) is 0 Å². The maximum absolute atomic E-state index is 10.5. The Labute approximate surface area is 103 Å². The zero-order valence-electron chi connectivity index (χ0n) is 10.4. The van der Waals surface area contributed by atoms with Gasteiger partial charge in [0.25, 0.3) is 0 Å². The number of carboxylic acids is 1. The molecule has 0 amide bonds. The van der Waals surface area contributed by atoms with E-state index in [4.69, 9.17) is 5.11 Å². The second-order valence-corrected chi connectivity index (χ2v) is 4.27. The first-order valence-corrected chi connectivity index (χ1v) is 6.21. The second-order valence-electron chi connectivity index (χ2n) is 4.27. The molecule has 3 heteroatoms. The lowest BCUT2D eigenvalue weighted by Crippen LogP contribution is -2.32. The molecule has 0 heterocycles. The average Bonchev–Trinajstić information content (AvgIpc) is 2.30. The molecule has 0 spiro atoms. The topological polar surface area (TPSA) is 49.3 Å². The summed E-state index contributed by atoms with van der Waals surface area (Å²) in [5.74, 6) is -0.743. The summed E-state index contributed by atoms with van der Waals surface area (Å²) in [5, 5.41) is 11.9. The van der Waals surface area contributed by atoms with Crippen LogP contribution in [0.5, 0.6) is 0 Å². The third-order valence-corrected chi connectivity index (χ3v) is 2.73. The zero-order valence-corrected chi connectivity index (χ0v) is 10.4. The first-order chi connectivity index (χ1) is 8.22. The lowest BCUT2D eigenvalue weighted by atomic mass is 10.0. The minimum absolute atomic E-state index is 0.189. The SMILES string of the molecule is CCCC(Cc1ccccc1)NCCC(=O)O. The van der Waals surface area contributed by atoms with Crippen LogP contribution in [0.2, 0.25) is 0 Å². The zero-order chi connectivity index (χ0) is 12.5. The number of nitrogens with one attached hydrogen (secondary N) is 1. The molecule has 0 fully saturated rings. The Balaban J connectivity index is 2.40. The molecule has 0 bridgehead atoms. The lowest BCUT2D eigenvalue weighted by Gasteiger charge is -2.17. The van der Waals surface area contributed by atoms with Crippen LogP contribution in [0.3, 0.4) is 0 Å². The molecule has 94 valence electrons. The van der Waals surface area contributed by atoms with E-state index in [9.17, 15) is 4.79 Å². The number of carbonyl (C=O) groups is 1. The van der Waals surface area contributed by atoms with Crippen molar-refractivity contribution in [1.82, 2.24) is 5.32 Å². The van der Waals surface area contributed by atoms with Crippen LogP contribution in [-0.2, 0) is 11.2 Å². The van der Waals surface area contributed by atoms with E-state index >= 15 is 0 Å². The summed E-state index contributed by atoms with van der Waals surface area (Å²) in [5.41, 5.74) is 1.30. The van der Waals surface area contributed by atoms with E-state index in [0.29, 0.717) is 12.6 Å². The molecule has 0 aromatic heterocycles. The molecule has 1 unspecified atom stereocenters. The second kappa shape index (κ2) is 7.85. The van der Waals surface area contributed by atoms with Crippen LogP contribution in [0.25, 0.3) is 0 Å². The third kappa shape index (κ3) is 6.07. The van der Waals surface area contributed by atoms with Crippen molar-refractivity contribution in [3.63, 3.8) is 0 Å². The van der Waals surface area contributed by atoms with Crippen molar-refractivity contribution in [3.8, 4) is 0 Å². The molecule has 1 rings (SSSR count). The monoisotopic (exact) mass is 235 g/mol. The van der Waals surface area contributed by atoms with Gasteiger partial charge in [0.2, 0.25) is 0 Å². The highest BCUT2D eigenvalue weighted by Crippen LogP contribution is 2.07. The summed E-state index contributed by atoms with van der Waals surface area (Å²) < 4.78 is 0. The summed E-state index contributed by atoms with van der Waals surface area (Å²) in [6, 6.07) is 10.7. The summed E-state index contributed by atoms with van der Waals surface area (Å²) in [6.45, 7) is 2.70. The predicted octanol–water partition coefficient (Wildman–Crippen LogP) is 2.46. The highest BCUT2D eigenvalue weighted by molar-refractivity contribution is 5.66. The Kier molecular flexibility index (Phi) is 6.33. The number of hydrogen-bond acceptors (Lipinski definition) is 2. The number of rotatable bonds is 8. The van der Waals surface area contributed by atoms with Crippen molar-refractivity contribution >= 4 is 5.97 Å². The van der Waals surface area contributed by atoms with Gasteiger partial charge >= 0.3 is 5.97 Å². The van der Waals surface area contributed by atoms with Gasteiger partial charge in [0.1, 0.15) is 0 Å². The van der Waals surface area contributed by atoms with E-state index in [-0.39, 0.29) is 6.42 Å². The molecule has 0 aliphatic carbocycles. The summed E-state index contributed by atoms with van der Waals surface area (Å²) >= 11 is 0. The van der Waals surface area contributed by atoms with Crippen LogP contribution in [0, 0.1) is 0 Å². The van der Waals surface area contributed by atoms with Gasteiger partial charge in [0.05, 0.1) is 6.42 Å². The predicted molar refractivity (Wildman–Crippen MR) is 69.1 cm³/mol. The Bertz CT molecular complexity index is 324. The number of benzene rings is 1. The molecule has 0 aliphatic rings. The molecular formula is C14H21NO2. The van der Waals surface area contributed by atoms with E-state index in [1.54, 1.807) is 0 Å². The molecule has 0 aliphatic heterocycles. The van der Waals surface area contributed by atoms with Crippen LogP contribution in [0.1, 0.15) is 31.7 Å². The van der Waals surface area contributed by atoms with Gasteiger partial charge in [-0.2, -0.15) is 0 Å². The van der Waals surface area contributed by atoms with Gasteiger partial charge in [0, 0.05) is 12.6 Å². The standard InChI is InChI=1S/C14H21NO2/c1-2-6-13(15-10-9-14(16)17)11-12-7-4-3-5-8-12/h3-5,7-8,13,15H,2,6,9-11H2,1H3,(H,16,17). The van der Waals surface area contributed by atoms with Crippen molar-refractivity contribution in [2.24, 2.45) is 0 Å². The quantitative estimate of drug-likeness (QED) is 0.727. The van der Waals surface area contributed by atoms with E-state index < -0.39 is 5.97 Å². The van der Waals surface area contributed by atoms with Crippen LogP contribution >= 0.6 is 0 Å². The third-order valence-electron chi connectivity index (χ3n) is 2.73. The van der Waals surface area contributed by atoms with Crippen LogP contribution in [0.4, 0.5) is 0 Å². The first kappa shape index (κ1) is 13.7. The Morgan fingerprint density at radius 1 is 1.35 bits per heavy atom. The highest BCUT2D eigenvalue weighted by atomic mass is 16.4. The Morgan fingerprint density at radius 2 is 2.06 bits per heavy atom. The smallest absolute Gasteiger partial charge is 0.304 e. The normalized spacial score (nSPS) is 12.3. The van der Waals surface area contributed by atoms with E-state index in [0.717, 1.165) is 19.3 Å². The van der Waals surface area contributed by atoms with Gasteiger partial charge in [0.15, 0.2) is 0 Å². The van der Waals surface area contributed by atoms with Gasteiger partial charge in [-0.1, -0.05) is 43.7 Å².